The highest BCUT2D eigenvalue weighted by molar-refractivity contribution is 5.41. The molecule has 0 bridgehead atoms. The smallest absolute Gasteiger partial charge is 0.203 e. The fraction of sp³-hybridized carbons (Fsp3) is 0.727. The van der Waals surface area contributed by atoms with Crippen LogP contribution in [0, 0.1) is 0 Å². The van der Waals surface area contributed by atoms with Crippen molar-refractivity contribution in [3.8, 4) is 0 Å². The van der Waals surface area contributed by atoms with Gasteiger partial charge in [0.05, 0.1) is 5.69 Å². The zero-order valence-electron chi connectivity index (χ0n) is 8.93. The van der Waals surface area contributed by atoms with Crippen LogP contribution in [0.25, 0.3) is 0 Å². The van der Waals surface area contributed by atoms with Crippen LogP contribution in [0.3, 0.4) is 0 Å². The highest BCUT2D eigenvalue weighted by Gasteiger charge is 2.36. The molecule has 0 spiro atoms. The summed E-state index contributed by atoms with van der Waals surface area (Å²) in [5, 5.41) is 3.38. The molecule has 2 aliphatic rings. The molecule has 14 heavy (non-hydrogen) atoms. The van der Waals surface area contributed by atoms with Crippen LogP contribution in [0.5, 0.6) is 0 Å². The molecule has 3 heteroatoms. The van der Waals surface area contributed by atoms with Crippen LogP contribution in [0.1, 0.15) is 38.1 Å². The number of anilines is 1. The highest BCUT2D eigenvalue weighted by Crippen LogP contribution is 2.39. The third kappa shape index (κ3) is 0.954. The van der Waals surface area contributed by atoms with Gasteiger partial charge in [-0.05, 0) is 19.3 Å². The second kappa shape index (κ2) is 2.53. The lowest BCUT2D eigenvalue weighted by atomic mass is 9.91. The molecular formula is C11H17N3. The average Bonchev–Trinajstić information content (AvgIpc) is 2.65. The number of nitrogens with zero attached hydrogens (tertiary/aromatic N) is 2. The van der Waals surface area contributed by atoms with Crippen molar-refractivity contribution in [1.82, 2.24) is 9.55 Å². The standard InChI is InChI=1S/C11H17N3/c1-11(2)5-4-8-9(11)13-10-12-6-3-7-14(8)10/h3-7H2,1-2H3,(H,12,13). The van der Waals surface area contributed by atoms with Crippen molar-refractivity contribution in [2.45, 2.75) is 45.1 Å². The van der Waals surface area contributed by atoms with E-state index in [0.717, 1.165) is 19.0 Å². The molecule has 1 aliphatic carbocycles. The number of hydrogen-bond donors (Lipinski definition) is 1. The Morgan fingerprint density at radius 3 is 3.14 bits per heavy atom. The summed E-state index contributed by atoms with van der Waals surface area (Å²) in [6.45, 7) is 6.84. The van der Waals surface area contributed by atoms with Crippen molar-refractivity contribution in [2.24, 2.45) is 0 Å². The summed E-state index contributed by atoms with van der Waals surface area (Å²) in [5.41, 5.74) is 3.11. The molecule has 3 nitrogen and oxygen atoms in total. The minimum absolute atomic E-state index is 0.293. The lowest BCUT2D eigenvalue weighted by Crippen LogP contribution is -2.18. The van der Waals surface area contributed by atoms with Gasteiger partial charge in [0.25, 0.3) is 0 Å². The quantitative estimate of drug-likeness (QED) is 0.679. The lowest BCUT2D eigenvalue weighted by molar-refractivity contribution is 0.505. The van der Waals surface area contributed by atoms with Gasteiger partial charge >= 0.3 is 0 Å². The van der Waals surface area contributed by atoms with Gasteiger partial charge in [0.15, 0.2) is 0 Å². The number of rotatable bonds is 0. The Kier molecular flexibility index (Phi) is 1.50. The first-order valence-corrected chi connectivity index (χ1v) is 5.52. The van der Waals surface area contributed by atoms with Gasteiger partial charge in [-0.2, -0.15) is 0 Å². The Morgan fingerprint density at radius 2 is 2.29 bits per heavy atom. The Morgan fingerprint density at radius 1 is 1.43 bits per heavy atom. The molecule has 0 amide bonds. The van der Waals surface area contributed by atoms with Gasteiger partial charge in [-0.1, -0.05) is 13.8 Å². The fourth-order valence-electron chi connectivity index (χ4n) is 2.64. The highest BCUT2D eigenvalue weighted by atomic mass is 15.2. The van der Waals surface area contributed by atoms with Crippen molar-refractivity contribution in [1.29, 1.82) is 0 Å². The third-order valence-electron chi connectivity index (χ3n) is 3.54. The van der Waals surface area contributed by atoms with Crippen LogP contribution in [0.4, 0.5) is 5.95 Å². The zero-order chi connectivity index (χ0) is 9.76. The third-order valence-corrected chi connectivity index (χ3v) is 3.54. The summed E-state index contributed by atoms with van der Waals surface area (Å²) in [6, 6.07) is 0. The number of hydrogen-bond acceptors (Lipinski definition) is 2. The van der Waals surface area contributed by atoms with E-state index < -0.39 is 0 Å². The van der Waals surface area contributed by atoms with Crippen LogP contribution in [0.2, 0.25) is 0 Å². The molecule has 76 valence electrons. The molecule has 1 aliphatic heterocycles. The van der Waals surface area contributed by atoms with Crippen molar-refractivity contribution in [3.63, 3.8) is 0 Å². The summed E-state index contributed by atoms with van der Waals surface area (Å²) >= 11 is 0. The van der Waals surface area contributed by atoms with Crippen LogP contribution in [-0.4, -0.2) is 16.1 Å². The molecule has 1 aromatic rings. The van der Waals surface area contributed by atoms with Crippen LogP contribution < -0.4 is 5.32 Å². The van der Waals surface area contributed by atoms with Crippen molar-refractivity contribution in [3.05, 3.63) is 11.4 Å². The van der Waals surface area contributed by atoms with Gasteiger partial charge in [0, 0.05) is 24.2 Å². The topological polar surface area (TPSA) is 29.9 Å². The van der Waals surface area contributed by atoms with Gasteiger partial charge in [-0.3, -0.25) is 0 Å². The first-order valence-electron chi connectivity index (χ1n) is 5.52. The minimum atomic E-state index is 0.293. The van der Waals surface area contributed by atoms with Crippen LogP contribution in [-0.2, 0) is 18.4 Å². The maximum atomic E-state index is 4.74. The molecule has 0 radical (unpaired) electrons. The van der Waals surface area contributed by atoms with Gasteiger partial charge in [0.2, 0.25) is 5.95 Å². The molecular weight excluding hydrogens is 174 g/mol. The van der Waals surface area contributed by atoms with E-state index in [9.17, 15) is 0 Å². The first kappa shape index (κ1) is 8.33. The van der Waals surface area contributed by atoms with Gasteiger partial charge < -0.3 is 9.88 Å². The Hall–Kier alpha value is -0.990. The summed E-state index contributed by atoms with van der Waals surface area (Å²) < 4.78 is 2.38. The van der Waals surface area contributed by atoms with Gasteiger partial charge in [-0.15, -0.1) is 0 Å². The van der Waals surface area contributed by atoms with E-state index in [4.69, 9.17) is 4.98 Å². The molecule has 2 heterocycles. The van der Waals surface area contributed by atoms with Crippen LogP contribution in [0.15, 0.2) is 0 Å². The molecule has 1 aromatic heterocycles. The van der Waals surface area contributed by atoms with Crippen molar-refractivity contribution < 1.29 is 0 Å². The molecule has 0 saturated heterocycles. The van der Waals surface area contributed by atoms with Gasteiger partial charge in [-0.25, -0.2) is 4.98 Å². The van der Waals surface area contributed by atoms with E-state index in [1.165, 1.54) is 30.7 Å². The zero-order valence-corrected chi connectivity index (χ0v) is 8.93. The largest absolute Gasteiger partial charge is 0.356 e. The number of imidazole rings is 1. The van der Waals surface area contributed by atoms with E-state index in [1.807, 2.05) is 0 Å². The SMILES string of the molecule is CC1(C)CCc2c1nc1n2CCCN1. The number of nitrogens with one attached hydrogen (secondary N) is 1. The predicted molar refractivity (Wildman–Crippen MR) is 56.7 cm³/mol. The fourth-order valence-corrected chi connectivity index (χ4v) is 2.64. The summed E-state index contributed by atoms with van der Waals surface area (Å²) in [6.07, 6.45) is 3.69. The Balaban J connectivity index is 2.15. The molecule has 0 aromatic carbocycles. The normalized spacial score (nSPS) is 22.7. The average molecular weight is 191 g/mol. The van der Waals surface area contributed by atoms with E-state index in [1.54, 1.807) is 0 Å². The van der Waals surface area contributed by atoms with E-state index in [-0.39, 0.29) is 0 Å². The van der Waals surface area contributed by atoms with Crippen molar-refractivity contribution in [2.75, 3.05) is 11.9 Å². The Bertz CT molecular complexity index is 376. The minimum Gasteiger partial charge on any atom is -0.356 e. The maximum absolute atomic E-state index is 4.74. The predicted octanol–water partition coefficient (Wildman–Crippen LogP) is 1.92. The van der Waals surface area contributed by atoms with E-state index >= 15 is 0 Å². The van der Waals surface area contributed by atoms with Crippen molar-refractivity contribution >= 4 is 5.95 Å². The molecule has 0 saturated carbocycles. The molecule has 0 unspecified atom stereocenters. The van der Waals surface area contributed by atoms with E-state index in [2.05, 4.69) is 23.7 Å². The summed E-state index contributed by atoms with van der Waals surface area (Å²) in [4.78, 5) is 4.74. The Labute approximate surface area is 84.5 Å². The molecule has 0 fully saturated rings. The second-order valence-electron chi connectivity index (χ2n) is 5.05. The second-order valence-corrected chi connectivity index (χ2v) is 5.05. The number of fused-ring (bicyclic) bond motifs is 3. The van der Waals surface area contributed by atoms with Crippen LogP contribution >= 0.6 is 0 Å². The monoisotopic (exact) mass is 191 g/mol. The molecule has 0 atom stereocenters. The molecule has 1 N–H and O–H groups in total. The van der Waals surface area contributed by atoms with E-state index in [0.29, 0.717) is 5.41 Å². The first-order chi connectivity index (χ1) is 6.68. The van der Waals surface area contributed by atoms with Gasteiger partial charge in [0.1, 0.15) is 0 Å². The maximum Gasteiger partial charge on any atom is 0.203 e. The summed E-state index contributed by atoms with van der Waals surface area (Å²) in [5.74, 6) is 1.11. The number of aromatic nitrogens is 2. The lowest BCUT2D eigenvalue weighted by Gasteiger charge is -2.17. The summed E-state index contributed by atoms with van der Waals surface area (Å²) in [7, 11) is 0. The molecule has 3 rings (SSSR count).